The lowest BCUT2D eigenvalue weighted by Gasteiger charge is -2.14. The summed E-state index contributed by atoms with van der Waals surface area (Å²) in [6.07, 6.45) is 0. The average molecular weight is 251 g/mol. The number of methoxy groups -OCH3 is 1. The van der Waals surface area contributed by atoms with Crippen LogP contribution in [0.15, 0.2) is 23.0 Å². The van der Waals surface area contributed by atoms with Gasteiger partial charge in [0, 0.05) is 13.2 Å². The van der Waals surface area contributed by atoms with Crippen molar-refractivity contribution in [3.05, 3.63) is 34.2 Å². The zero-order valence-corrected chi connectivity index (χ0v) is 10.9. The van der Waals surface area contributed by atoms with Crippen LogP contribution in [0.25, 0.3) is 0 Å². The Morgan fingerprint density at radius 3 is 2.79 bits per heavy atom. The second-order valence-corrected chi connectivity index (χ2v) is 8.25. The van der Waals surface area contributed by atoms with E-state index in [0.717, 1.165) is 0 Å². The zero-order valence-electron chi connectivity index (χ0n) is 7.71. The van der Waals surface area contributed by atoms with Crippen molar-refractivity contribution in [3.63, 3.8) is 0 Å². The molecule has 1 aromatic rings. The van der Waals surface area contributed by atoms with Crippen LogP contribution < -0.4 is 10.2 Å². The highest BCUT2D eigenvalue weighted by molar-refractivity contribution is 8.41. The van der Waals surface area contributed by atoms with E-state index >= 15 is 0 Å². The number of hydrogen-bond donors (Lipinski definition) is 0. The van der Waals surface area contributed by atoms with Gasteiger partial charge in [-0.25, -0.2) is 0 Å². The number of nitrogens with zero attached hydrogens (tertiary/aromatic N) is 1. The van der Waals surface area contributed by atoms with Gasteiger partial charge in [-0.2, -0.15) is 0 Å². The lowest BCUT2D eigenvalue weighted by molar-refractivity contribution is 0.159. The fraction of sp³-hybridized carbons (Fsp3) is 0.286. The summed E-state index contributed by atoms with van der Waals surface area (Å²) in [5, 5.41) is 0. The first-order chi connectivity index (χ1) is 6.65. The predicted octanol–water partition coefficient (Wildman–Crippen LogP) is 1.40. The first-order valence-corrected chi connectivity index (χ1v) is 8.32. The van der Waals surface area contributed by atoms with Crippen molar-refractivity contribution in [3.8, 4) is 0 Å². The molecule has 0 saturated heterocycles. The van der Waals surface area contributed by atoms with Crippen LogP contribution in [0.1, 0.15) is 5.69 Å². The molecule has 0 aliphatic heterocycles. The van der Waals surface area contributed by atoms with E-state index in [1.165, 1.54) is 10.8 Å². The highest BCUT2D eigenvalue weighted by Gasteiger charge is 2.05. The third-order valence-electron chi connectivity index (χ3n) is 1.46. The van der Waals surface area contributed by atoms with Crippen molar-refractivity contribution in [2.75, 3.05) is 7.11 Å². The summed E-state index contributed by atoms with van der Waals surface area (Å²) in [6.45, 7) is 0.356. The van der Waals surface area contributed by atoms with Gasteiger partial charge in [0.15, 0.2) is 7.53 Å². The van der Waals surface area contributed by atoms with Crippen LogP contribution in [0.3, 0.4) is 0 Å². The first-order valence-electron chi connectivity index (χ1n) is 3.83. The van der Waals surface area contributed by atoms with Crippen LogP contribution >= 0.6 is 25.4 Å². The molecule has 0 aromatic carbocycles. The molecule has 0 aliphatic carbocycles. The van der Waals surface area contributed by atoms with E-state index in [-0.39, 0.29) is 5.56 Å². The molecule has 0 aliphatic rings. The van der Waals surface area contributed by atoms with E-state index in [9.17, 15) is 4.79 Å². The van der Waals surface area contributed by atoms with E-state index in [1.807, 2.05) is 0 Å². The van der Waals surface area contributed by atoms with Crippen molar-refractivity contribution in [1.82, 2.24) is 4.73 Å². The van der Waals surface area contributed by atoms with E-state index in [4.69, 9.17) is 9.36 Å². The third kappa shape index (κ3) is 3.29. The van der Waals surface area contributed by atoms with Crippen LogP contribution in [0, 0.1) is 0 Å². The first kappa shape index (κ1) is 12.1. The summed E-state index contributed by atoms with van der Waals surface area (Å²) in [4.78, 5) is 11.4. The van der Waals surface area contributed by atoms with E-state index in [1.54, 1.807) is 19.2 Å². The summed E-state index contributed by atoms with van der Waals surface area (Å²) >= 11 is 0. The van der Waals surface area contributed by atoms with Crippen molar-refractivity contribution >= 4 is 25.4 Å². The van der Waals surface area contributed by atoms with Gasteiger partial charge in [-0.1, -0.05) is 23.9 Å². The van der Waals surface area contributed by atoms with Crippen molar-refractivity contribution < 1.29 is 9.36 Å². The molecule has 1 heterocycles. The number of pyridine rings is 1. The van der Waals surface area contributed by atoms with Crippen molar-refractivity contribution in [2.45, 2.75) is 6.61 Å². The average Bonchev–Trinajstić information content (AvgIpc) is 2.11. The molecular formula is C7H12NO3P3. The molecule has 1 aromatic heterocycles. The summed E-state index contributed by atoms with van der Waals surface area (Å²) in [5.74, 6) is 0. The fourth-order valence-corrected chi connectivity index (χ4v) is 1.90. The molecule has 0 N–H and O–H groups in total. The second kappa shape index (κ2) is 5.78. The highest BCUT2D eigenvalue weighted by Crippen LogP contribution is 2.50. The van der Waals surface area contributed by atoms with Crippen LogP contribution in [0.5, 0.6) is 0 Å². The smallest absolute Gasteiger partial charge is 0.283 e. The molecule has 2 unspecified atom stereocenters. The van der Waals surface area contributed by atoms with Gasteiger partial charge in [0.05, 0.1) is 12.3 Å². The molecule has 1 rings (SSSR count). The summed E-state index contributed by atoms with van der Waals surface area (Å²) in [5.41, 5.74) is 0.523. The Hall–Kier alpha value is -0.000000000000000111. The van der Waals surface area contributed by atoms with Crippen LogP contribution in [0.2, 0.25) is 0 Å². The Morgan fingerprint density at radius 2 is 2.21 bits per heavy atom. The quantitative estimate of drug-likeness (QED) is 0.759. The molecule has 4 nitrogen and oxygen atoms in total. The molecule has 0 amide bonds. The summed E-state index contributed by atoms with van der Waals surface area (Å²) < 4.78 is 11.6. The molecule has 7 heteroatoms. The fourth-order valence-electron chi connectivity index (χ4n) is 0.960. The maximum absolute atomic E-state index is 11.4. The Bertz CT molecular complexity index is 352. The molecule has 14 heavy (non-hydrogen) atoms. The van der Waals surface area contributed by atoms with E-state index in [2.05, 4.69) is 17.9 Å². The molecule has 0 fully saturated rings. The Kier molecular flexibility index (Phi) is 4.98. The Labute approximate surface area is 88.0 Å². The van der Waals surface area contributed by atoms with Crippen LogP contribution in [0.4, 0.5) is 0 Å². The number of hydrogen-bond acceptors (Lipinski definition) is 3. The summed E-state index contributed by atoms with van der Waals surface area (Å²) in [7, 11) is 5.78. The molecular weight excluding hydrogens is 239 g/mol. The number of aromatic nitrogens is 1. The minimum atomic E-state index is -0.779. The van der Waals surface area contributed by atoms with E-state index in [0.29, 0.717) is 12.3 Å². The van der Waals surface area contributed by atoms with Gasteiger partial charge in [0.1, 0.15) is 0 Å². The SMILES string of the molecule is COCc1cccc(=O)n1OP(P)P. The lowest BCUT2D eigenvalue weighted by atomic mass is 10.4. The Balaban J connectivity index is 3.02. The van der Waals surface area contributed by atoms with Crippen molar-refractivity contribution in [1.29, 1.82) is 0 Å². The van der Waals surface area contributed by atoms with Gasteiger partial charge >= 0.3 is 0 Å². The van der Waals surface area contributed by atoms with Crippen LogP contribution in [-0.4, -0.2) is 11.8 Å². The molecule has 0 saturated carbocycles. The van der Waals surface area contributed by atoms with E-state index < -0.39 is 7.53 Å². The lowest BCUT2D eigenvalue weighted by Crippen LogP contribution is -2.25. The topological polar surface area (TPSA) is 40.5 Å². The standard InChI is InChI=1S/C7H12NO3P3/c1-10-5-6-3-2-4-7(9)8(6)11-14(12)13/h2-4H,5,12-13H2,1H3. The predicted molar refractivity (Wildman–Crippen MR) is 64.3 cm³/mol. The largest absolute Gasteiger partial charge is 0.384 e. The highest BCUT2D eigenvalue weighted by atomic mass is 32.4. The Morgan fingerprint density at radius 1 is 1.50 bits per heavy atom. The van der Waals surface area contributed by atoms with Gasteiger partial charge in [-0.05, 0) is 6.07 Å². The zero-order chi connectivity index (χ0) is 10.6. The molecule has 0 bridgehead atoms. The normalized spacial score (nSPS) is 10.6. The maximum atomic E-state index is 11.4. The summed E-state index contributed by atoms with van der Waals surface area (Å²) in [6, 6.07) is 4.93. The minimum absolute atomic E-state index is 0.183. The number of ether oxygens (including phenoxy) is 1. The van der Waals surface area contributed by atoms with Gasteiger partial charge in [-0.15, -0.1) is 4.73 Å². The van der Waals surface area contributed by atoms with Crippen molar-refractivity contribution in [2.24, 2.45) is 0 Å². The minimum Gasteiger partial charge on any atom is -0.384 e. The molecule has 0 spiro atoms. The van der Waals surface area contributed by atoms with Crippen LogP contribution in [-0.2, 0) is 11.3 Å². The maximum Gasteiger partial charge on any atom is 0.283 e. The third-order valence-corrected chi connectivity index (χ3v) is 2.37. The molecule has 0 radical (unpaired) electrons. The van der Waals surface area contributed by atoms with Gasteiger partial charge < -0.3 is 9.36 Å². The molecule has 78 valence electrons. The molecule has 2 atom stereocenters. The monoisotopic (exact) mass is 251 g/mol. The number of rotatable bonds is 4. The second-order valence-electron chi connectivity index (χ2n) is 2.52. The van der Waals surface area contributed by atoms with Gasteiger partial charge in [0.25, 0.3) is 5.56 Å². The van der Waals surface area contributed by atoms with Gasteiger partial charge in [0.2, 0.25) is 0 Å². The van der Waals surface area contributed by atoms with Gasteiger partial charge in [-0.3, -0.25) is 4.79 Å².